The molecule has 0 spiro atoms. The third-order valence-corrected chi connectivity index (χ3v) is 9.75. The summed E-state index contributed by atoms with van der Waals surface area (Å²) in [6.45, 7) is 12.2. The van der Waals surface area contributed by atoms with E-state index in [9.17, 15) is 19.2 Å². The number of likely N-dealkylation sites (N-methyl/N-ethyl adjacent to an activating group) is 2. The smallest absolute Gasteiger partial charge is 0.251 e. The number of rotatable bonds is 21. The van der Waals surface area contributed by atoms with E-state index in [2.05, 4.69) is 21.3 Å². The van der Waals surface area contributed by atoms with Gasteiger partial charge in [-0.3, -0.25) is 19.2 Å². The number of ether oxygens (including phenoxy) is 4. The van der Waals surface area contributed by atoms with Crippen molar-refractivity contribution in [3.05, 3.63) is 35.9 Å². The molecular formula is C37H63N5O8. The summed E-state index contributed by atoms with van der Waals surface area (Å²) in [6.07, 6.45) is -2.08. The van der Waals surface area contributed by atoms with E-state index in [-0.39, 0.29) is 54.3 Å². The van der Waals surface area contributed by atoms with Gasteiger partial charge in [0.1, 0.15) is 24.4 Å². The quantitative estimate of drug-likeness (QED) is 0.150. The van der Waals surface area contributed by atoms with Crippen LogP contribution in [0.15, 0.2) is 30.3 Å². The van der Waals surface area contributed by atoms with Crippen molar-refractivity contribution in [2.75, 3.05) is 48.5 Å². The van der Waals surface area contributed by atoms with Gasteiger partial charge in [0.05, 0.1) is 24.6 Å². The summed E-state index contributed by atoms with van der Waals surface area (Å²) >= 11 is 0. The second-order valence-corrected chi connectivity index (χ2v) is 13.9. The highest BCUT2D eigenvalue weighted by atomic mass is 16.6. The van der Waals surface area contributed by atoms with Crippen LogP contribution in [0.5, 0.6) is 0 Å². The van der Waals surface area contributed by atoms with Gasteiger partial charge in [-0.15, -0.1) is 0 Å². The first kappa shape index (κ1) is 43.1. The Balaban J connectivity index is 2.10. The zero-order valence-electron chi connectivity index (χ0n) is 32.0. The van der Waals surface area contributed by atoms with Gasteiger partial charge in [0.2, 0.25) is 17.7 Å². The Kier molecular flexibility index (Phi) is 18.4. The van der Waals surface area contributed by atoms with Gasteiger partial charge in [-0.25, -0.2) is 0 Å². The molecule has 1 aromatic carbocycles. The number of carbonyl (C=O) groups excluding carboxylic acids is 4. The molecule has 4 N–H and O–H groups in total. The van der Waals surface area contributed by atoms with Crippen LogP contribution in [0.25, 0.3) is 0 Å². The molecule has 0 aromatic heterocycles. The zero-order chi connectivity index (χ0) is 37.5. The number of methoxy groups -OCH3 is 3. The van der Waals surface area contributed by atoms with E-state index in [1.54, 1.807) is 19.0 Å². The first-order chi connectivity index (χ1) is 23.7. The zero-order valence-corrected chi connectivity index (χ0v) is 32.0. The molecule has 0 bridgehead atoms. The first-order valence-electron chi connectivity index (χ1n) is 17.8. The van der Waals surface area contributed by atoms with Gasteiger partial charge >= 0.3 is 0 Å². The minimum atomic E-state index is -0.915. The standard InChI is InChI=1S/C37H63N5O8/c1-12-24(6)31(42(8)37(46)30(23(4)5)41-35(44)29(38-7)22(2)3)26(47-9)20-28(43)40-21-27-32(48-10)33(49-11)34(50-27)36(45)39-19-18-25-16-14-13-15-17-25/h13-17,22-24,26-27,29-34,38H,12,18-21H2,1-11H3,(H,39,45)(H,40,43)(H,41,44)/t24-,26+,27+,29-,30-,31-,32+,33-,34+/m0/s1. The van der Waals surface area contributed by atoms with Gasteiger partial charge in [-0.2, -0.15) is 0 Å². The van der Waals surface area contributed by atoms with Gasteiger partial charge in [0.25, 0.3) is 5.91 Å². The molecule has 13 heteroatoms. The van der Waals surface area contributed by atoms with Crippen LogP contribution in [0.2, 0.25) is 0 Å². The average Bonchev–Trinajstić information content (AvgIpc) is 3.46. The van der Waals surface area contributed by atoms with Gasteiger partial charge in [-0.1, -0.05) is 78.3 Å². The summed E-state index contributed by atoms with van der Waals surface area (Å²) in [5.41, 5.74) is 1.11. The molecular weight excluding hydrogens is 642 g/mol. The lowest BCUT2D eigenvalue weighted by atomic mass is 9.89. The molecule has 1 fully saturated rings. The number of hydrogen-bond donors (Lipinski definition) is 4. The number of nitrogens with one attached hydrogen (secondary N) is 4. The fourth-order valence-corrected chi connectivity index (χ4v) is 6.66. The molecule has 1 aromatic rings. The van der Waals surface area contributed by atoms with Crippen molar-refractivity contribution in [2.45, 2.75) is 109 Å². The summed E-state index contributed by atoms with van der Waals surface area (Å²) < 4.78 is 23.3. The molecule has 2 rings (SSSR count). The van der Waals surface area contributed by atoms with Crippen LogP contribution in [0.4, 0.5) is 0 Å². The third kappa shape index (κ3) is 11.7. The van der Waals surface area contributed by atoms with Crippen molar-refractivity contribution in [3.8, 4) is 0 Å². The Morgan fingerprint density at radius 3 is 2.04 bits per heavy atom. The topological polar surface area (TPSA) is 157 Å². The van der Waals surface area contributed by atoms with Crippen molar-refractivity contribution in [3.63, 3.8) is 0 Å². The predicted molar refractivity (Wildman–Crippen MR) is 192 cm³/mol. The predicted octanol–water partition coefficient (Wildman–Crippen LogP) is 1.92. The van der Waals surface area contributed by atoms with E-state index in [0.717, 1.165) is 12.0 Å². The highest BCUT2D eigenvalue weighted by molar-refractivity contribution is 5.90. The van der Waals surface area contributed by atoms with E-state index >= 15 is 0 Å². The lowest BCUT2D eigenvalue weighted by Gasteiger charge is -2.40. The second kappa shape index (κ2) is 21.3. The minimum absolute atomic E-state index is 0.0226. The number of amides is 4. The number of nitrogens with zero attached hydrogens (tertiary/aromatic N) is 1. The van der Waals surface area contributed by atoms with Crippen molar-refractivity contribution < 1.29 is 38.1 Å². The molecule has 50 heavy (non-hydrogen) atoms. The molecule has 1 heterocycles. The molecule has 1 saturated heterocycles. The fourth-order valence-electron chi connectivity index (χ4n) is 6.66. The van der Waals surface area contributed by atoms with Crippen LogP contribution in [0, 0.1) is 17.8 Å². The monoisotopic (exact) mass is 705 g/mol. The van der Waals surface area contributed by atoms with Crippen LogP contribution in [-0.2, 0) is 44.5 Å². The Hall–Kier alpha value is -3.10. The summed E-state index contributed by atoms with van der Waals surface area (Å²) in [4.78, 5) is 55.2. The van der Waals surface area contributed by atoms with Crippen molar-refractivity contribution in [1.29, 1.82) is 0 Å². The maximum Gasteiger partial charge on any atom is 0.251 e. The SMILES string of the molecule is CC[C@H](C)[C@@H]([C@@H](CC(=O)NC[C@H]1O[C@@H](C(=O)NCCc2ccccc2)[C@@H](OC)[C@@H]1OC)OC)N(C)C(=O)[C@@H](NC(=O)[C@@H](NC)C(C)C)C(C)C. The molecule has 4 amide bonds. The van der Waals surface area contributed by atoms with Crippen LogP contribution in [-0.4, -0.2) is 126 Å². The van der Waals surface area contributed by atoms with Crippen molar-refractivity contribution in [1.82, 2.24) is 26.2 Å². The Labute approximate surface area is 299 Å². The summed E-state index contributed by atoms with van der Waals surface area (Å²) in [5, 5.41) is 11.8. The van der Waals surface area contributed by atoms with Crippen LogP contribution >= 0.6 is 0 Å². The highest BCUT2D eigenvalue weighted by Crippen LogP contribution is 2.27. The average molecular weight is 706 g/mol. The van der Waals surface area contributed by atoms with Crippen LogP contribution in [0.3, 0.4) is 0 Å². The lowest BCUT2D eigenvalue weighted by molar-refractivity contribution is -0.144. The molecule has 9 atom stereocenters. The fraction of sp³-hybridized carbons (Fsp3) is 0.730. The van der Waals surface area contributed by atoms with E-state index < -0.39 is 48.6 Å². The first-order valence-corrected chi connectivity index (χ1v) is 17.8. The largest absolute Gasteiger partial charge is 0.379 e. The van der Waals surface area contributed by atoms with Crippen molar-refractivity contribution in [2.24, 2.45) is 17.8 Å². The number of benzene rings is 1. The van der Waals surface area contributed by atoms with Crippen LogP contribution in [0.1, 0.15) is 59.9 Å². The molecule has 0 saturated carbocycles. The van der Waals surface area contributed by atoms with Gasteiger partial charge in [0, 0.05) is 41.5 Å². The summed E-state index contributed by atoms with van der Waals surface area (Å²) in [5.74, 6) is -1.27. The van der Waals surface area contributed by atoms with E-state index in [1.165, 1.54) is 21.3 Å². The van der Waals surface area contributed by atoms with Gasteiger partial charge in [-0.05, 0) is 36.8 Å². The molecule has 1 aliphatic heterocycles. The Morgan fingerprint density at radius 2 is 1.52 bits per heavy atom. The molecule has 1 aliphatic rings. The molecule has 13 nitrogen and oxygen atoms in total. The maximum absolute atomic E-state index is 14.0. The number of hydrogen-bond acceptors (Lipinski definition) is 9. The molecule has 0 radical (unpaired) electrons. The highest BCUT2D eigenvalue weighted by Gasteiger charge is 2.48. The normalized spacial score (nSPS) is 22.0. The summed E-state index contributed by atoms with van der Waals surface area (Å²) in [6, 6.07) is 8.19. The Morgan fingerprint density at radius 1 is 0.900 bits per heavy atom. The minimum Gasteiger partial charge on any atom is -0.379 e. The lowest BCUT2D eigenvalue weighted by Crippen LogP contribution is -2.59. The molecule has 284 valence electrons. The van der Waals surface area contributed by atoms with Gasteiger partial charge in [0.15, 0.2) is 6.10 Å². The van der Waals surface area contributed by atoms with E-state index in [1.807, 2.05) is 71.9 Å². The number of carbonyl (C=O) groups is 4. The van der Waals surface area contributed by atoms with Crippen LogP contribution < -0.4 is 21.3 Å². The Bertz CT molecular complexity index is 1200. The maximum atomic E-state index is 14.0. The van der Waals surface area contributed by atoms with Crippen molar-refractivity contribution >= 4 is 23.6 Å². The molecule has 0 aliphatic carbocycles. The second-order valence-electron chi connectivity index (χ2n) is 13.9. The molecule has 0 unspecified atom stereocenters. The van der Waals surface area contributed by atoms with E-state index in [4.69, 9.17) is 18.9 Å². The third-order valence-electron chi connectivity index (χ3n) is 9.75. The van der Waals surface area contributed by atoms with E-state index in [0.29, 0.717) is 13.0 Å². The van der Waals surface area contributed by atoms with Gasteiger partial charge < -0.3 is 45.1 Å². The summed E-state index contributed by atoms with van der Waals surface area (Å²) in [7, 11) is 7.97.